The van der Waals surface area contributed by atoms with Gasteiger partial charge in [0.05, 0.1) is 19.4 Å². The van der Waals surface area contributed by atoms with E-state index in [1.165, 1.54) is 24.8 Å². The molecule has 0 atom stereocenters. The Kier molecular flexibility index (Phi) is 76.9. The van der Waals surface area contributed by atoms with Crippen LogP contribution in [0.1, 0.15) is 207 Å². The maximum absolute atomic E-state index is 12.2. The molecule has 10 amide bonds. The molecule has 0 aromatic rings. The summed E-state index contributed by atoms with van der Waals surface area (Å²) in [6, 6.07) is 0. The van der Waals surface area contributed by atoms with Crippen LogP contribution in [-0.4, -0.2) is 226 Å². The Morgan fingerprint density at radius 2 is 0.663 bits per heavy atom. The topological polar surface area (TPSA) is 535 Å². The molecule has 0 heterocycles. The monoisotopic (exact) mass is 1410 g/mol. The first kappa shape index (κ1) is 98.8. The number of hydrogen-bond donors (Lipinski definition) is 15. The van der Waals surface area contributed by atoms with E-state index in [2.05, 4.69) is 16.0 Å². The predicted octanol–water partition coefficient (Wildman–Crippen LogP) is 2.12. The molecule has 36 heteroatoms. The molecule has 532 valence electrons. The Bertz CT molecular complexity index is 2040. The molecule has 0 radical (unpaired) electrons. The summed E-state index contributed by atoms with van der Waals surface area (Å²) in [5.41, 5.74) is 2.64. The Morgan fingerprint density at radius 3 is 0.935 bits per heavy atom. The number of carbonyl (C=O) groups is 15. The van der Waals surface area contributed by atoms with Crippen LogP contribution in [0.4, 0.5) is 0 Å². The molecule has 0 aliphatic carbocycles. The fraction of sp³-hybridized carbons (Fsp3) is 0.732. The third-order valence-corrected chi connectivity index (χ3v) is 11.8. The summed E-state index contributed by atoms with van der Waals surface area (Å²) in [4.78, 5) is 164. The smallest absolute Gasteiger partial charge is 0.303 e. The van der Waals surface area contributed by atoms with Gasteiger partial charge in [0.1, 0.15) is 17.9 Å². The van der Waals surface area contributed by atoms with Gasteiger partial charge in [-0.25, -0.2) is 36.3 Å². The number of ketones is 2. The Morgan fingerprint density at radius 1 is 0.391 bits per heavy atom. The molecule has 0 saturated heterocycles. The number of amides is 10. The number of aliphatic hydroxyl groups excluding tert-OH is 1. The van der Waals surface area contributed by atoms with Gasteiger partial charge in [0.2, 0.25) is 60.1 Å². The van der Waals surface area contributed by atoms with E-state index in [0.29, 0.717) is 148 Å². The van der Waals surface area contributed by atoms with Crippen molar-refractivity contribution in [2.24, 2.45) is 0 Å². The minimum absolute atomic E-state index is 0. The van der Waals surface area contributed by atoms with Gasteiger partial charge in [0.25, 0.3) is 0 Å². The molecule has 0 aromatic carbocycles. The molecule has 0 aliphatic rings. The van der Waals surface area contributed by atoms with Gasteiger partial charge in [-0.05, 0) is 83.5 Å². The molecule has 0 spiro atoms. The third-order valence-electron chi connectivity index (χ3n) is 11.8. The number of hydroxylamine groups is 12. The van der Waals surface area contributed by atoms with Crippen molar-refractivity contribution in [3.05, 3.63) is 0 Å². The van der Waals surface area contributed by atoms with Crippen molar-refractivity contribution in [2.75, 3.05) is 59.0 Å². The fourth-order valence-electron chi connectivity index (χ4n) is 6.90. The first-order valence-electron chi connectivity index (χ1n) is 29.6. The molecule has 92 heavy (non-hydrogen) atoms. The van der Waals surface area contributed by atoms with Crippen molar-refractivity contribution in [1.29, 1.82) is 0 Å². The zero-order valence-electron chi connectivity index (χ0n) is 52.4. The number of aldehydes is 1. The number of rotatable bonds is 50. The van der Waals surface area contributed by atoms with Crippen LogP contribution in [-0.2, 0) is 98.1 Å². The summed E-state index contributed by atoms with van der Waals surface area (Å²) in [5.74, 6) is -5.74. The first-order chi connectivity index (χ1) is 42.7. The van der Waals surface area contributed by atoms with Crippen LogP contribution in [0.5, 0.6) is 0 Å². The normalized spacial score (nSPS) is 9.67. The van der Waals surface area contributed by atoms with Crippen LogP contribution < -0.4 is 26.9 Å². The van der Waals surface area contributed by atoms with Gasteiger partial charge in [0, 0.05) is 157 Å². The fourth-order valence-corrected chi connectivity index (χ4v) is 6.90. The Labute approximate surface area is 556 Å². The number of aliphatic hydroxyl groups is 1. The van der Waals surface area contributed by atoms with Crippen LogP contribution in [0.25, 0.3) is 0 Å². The molecule has 0 aromatic heterocycles. The van der Waals surface area contributed by atoms with E-state index in [1.54, 1.807) is 0 Å². The van der Waals surface area contributed by atoms with Gasteiger partial charge < -0.3 is 36.1 Å². The van der Waals surface area contributed by atoms with Crippen molar-refractivity contribution in [3.63, 3.8) is 0 Å². The van der Waals surface area contributed by atoms with Crippen molar-refractivity contribution < 1.29 is 150 Å². The second-order valence-electron chi connectivity index (χ2n) is 19.7. The second kappa shape index (κ2) is 71.7. The van der Waals surface area contributed by atoms with Gasteiger partial charge in [-0.1, -0.05) is 33.1 Å². The number of Topliss-reactive ketones (excluding diaryl/α,β-unsaturated/α-hetero) is 2. The van der Waals surface area contributed by atoms with Crippen LogP contribution >= 0.6 is 0 Å². The number of hydrogen-bond acceptors (Lipinski definition) is 23. The maximum Gasteiger partial charge on any atom is 0.303 e. The molecule has 0 rings (SSSR count). The average molecular weight is 1410 g/mol. The predicted molar refractivity (Wildman–Crippen MR) is 319 cm³/mol. The van der Waals surface area contributed by atoms with Crippen LogP contribution in [0.2, 0.25) is 0 Å². The van der Waals surface area contributed by atoms with E-state index in [9.17, 15) is 83.2 Å². The summed E-state index contributed by atoms with van der Waals surface area (Å²) in [7, 11) is 0. The summed E-state index contributed by atoms with van der Waals surface area (Å²) >= 11 is 0. The second-order valence-corrected chi connectivity index (χ2v) is 19.7. The molecule has 35 nitrogen and oxygen atoms in total. The molecular weight excluding hydrogens is 1300 g/mol. The van der Waals surface area contributed by atoms with Crippen LogP contribution in [0.15, 0.2) is 0 Å². The summed E-state index contributed by atoms with van der Waals surface area (Å²) in [6.07, 6.45) is 11.3. The van der Waals surface area contributed by atoms with Crippen molar-refractivity contribution in [3.8, 4) is 0 Å². The molecule has 0 fully saturated rings. The van der Waals surface area contributed by atoms with E-state index in [0.717, 1.165) is 25.7 Å². The standard InChI is InChI=1S/C40H70N6O14.C10H18N2O5.C2H5NO2.C2H4O2.CH3NO2.CH4.Zr/c1-32(47)43(57)28-12-4-2-8-16-33(48)18-22-37(52)44(58)30-14-6-10-26-41-35(50)20-24-39(54)46(60)29-13-5-3-9-17-34(49)19-23-38(53)45(59)31-15-7-11-27-42-36(51)21-25-40(55)56;13-8-12(17)7-3-1-2-6-11-9(14)4-5-10(15)16;1-2(4)3-5;2*3-1-2-4;;/h57-60H,2-31H2,1H3,(H,41,50)(H,42,51)(H,55,56);8,17H,1-7H2,(H,11,14)(H,15,16);5H,1H3,(H,3,4);1,4H,2H2;1,4H,(H,2,3);1H4;. The van der Waals surface area contributed by atoms with Crippen LogP contribution in [0.3, 0.4) is 0 Å². The van der Waals surface area contributed by atoms with Gasteiger partial charge in [-0.3, -0.25) is 104 Å². The molecule has 15 N–H and O–H groups in total. The summed E-state index contributed by atoms with van der Waals surface area (Å²) in [6.45, 7) is 4.09. The zero-order chi connectivity index (χ0) is 69.3. The third kappa shape index (κ3) is 77.5. The zero-order valence-corrected chi connectivity index (χ0v) is 54.9. The van der Waals surface area contributed by atoms with Crippen molar-refractivity contribution >= 4 is 89.9 Å². The molecular formula is C56H104N10O25Zr. The number of carboxylic acid groups (broad SMARTS) is 2. The van der Waals surface area contributed by atoms with Crippen LogP contribution in [0, 0.1) is 0 Å². The number of carboxylic acids is 2. The minimum Gasteiger partial charge on any atom is -0.481 e. The van der Waals surface area contributed by atoms with E-state index in [4.69, 9.17) is 40.5 Å². The van der Waals surface area contributed by atoms with Crippen molar-refractivity contribution in [1.82, 2.24) is 52.2 Å². The quantitative estimate of drug-likeness (QED) is 0.0179. The molecule has 0 aliphatic heterocycles. The summed E-state index contributed by atoms with van der Waals surface area (Å²) in [5, 5.41) is 98.1. The SMILES string of the molecule is C.CC(=O)N(O)CCCCCCC(=O)CCC(=O)N(O)CCCCCNC(=O)CCC(=O)N(O)CCCCCCC(=O)CCC(=O)N(O)CCCCCNC(=O)CCC(=O)O.CC(=O)NO.O=CCO.O=CN(O)CCCCCNC(=O)CCC(=O)O.O=CNO.[Zr]. The Balaban J connectivity index is -0.000000369. The molecule has 0 bridgehead atoms. The van der Waals surface area contributed by atoms with Gasteiger partial charge in [-0.15, -0.1) is 0 Å². The number of carbonyl (C=O) groups excluding carboxylic acids is 13. The van der Waals surface area contributed by atoms with E-state index >= 15 is 0 Å². The van der Waals surface area contributed by atoms with E-state index in [-0.39, 0.29) is 179 Å². The first-order valence-corrected chi connectivity index (χ1v) is 29.6. The van der Waals surface area contributed by atoms with Gasteiger partial charge in [0.15, 0.2) is 0 Å². The number of unbranched alkanes of at least 4 members (excludes halogenated alkanes) is 12. The Hall–Kier alpha value is -6.79. The van der Waals surface area contributed by atoms with Gasteiger partial charge in [-0.2, -0.15) is 0 Å². The van der Waals surface area contributed by atoms with Gasteiger partial charge >= 0.3 is 11.9 Å². The summed E-state index contributed by atoms with van der Waals surface area (Å²) < 4.78 is 0. The number of nitrogens with one attached hydrogen (secondary N) is 5. The van der Waals surface area contributed by atoms with Crippen molar-refractivity contribution in [2.45, 2.75) is 207 Å². The maximum atomic E-state index is 12.2. The number of nitrogens with zero attached hydrogens (tertiary/aromatic N) is 5. The largest absolute Gasteiger partial charge is 0.481 e. The minimum atomic E-state index is -1.04. The molecule has 0 saturated carbocycles. The average Bonchev–Trinajstić information content (AvgIpc) is 3.55. The van der Waals surface area contributed by atoms with E-state index < -0.39 is 41.5 Å². The number of aliphatic carboxylic acids is 2. The van der Waals surface area contributed by atoms with E-state index in [1.807, 2.05) is 0 Å². The molecule has 0 unspecified atom stereocenters.